The van der Waals surface area contributed by atoms with Gasteiger partial charge in [-0.05, 0) is 38.7 Å². The molecule has 2 aliphatic heterocycles. The Morgan fingerprint density at radius 2 is 2.19 bits per heavy atom. The number of aliphatic hydroxyl groups is 1. The van der Waals surface area contributed by atoms with Crippen molar-refractivity contribution in [3.05, 3.63) is 11.1 Å². The van der Waals surface area contributed by atoms with Crippen LogP contribution in [-0.2, 0) is 9.53 Å². The molecular weight excluding hydrogens is 206 g/mol. The summed E-state index contributed by atoms with van der Waals surface area (Å²) in [4.78, 5) is 13.4. The summed E-state index contributed by atoms with van der Waals surface area (Å²) in [6.45, 7) is 4.85. The summed E-state index contributed by atoms with van der Waals surface area (Å²) in [6.07, 6.45) is 2.57. The summed E-state index contributed by atoms with van der Waals surface area (Å²) in [5.41, 5.74) is 1.43. The smallest absolute Gasteiger partial charge is 0.251 e. The minimum Gasteiger partial charge on any atom is -0.376 e. The van der Waals surface area contributed by atoms with Gasteiger partial charge in [-0.15, -0.1) is 0 Å². The van der Waals surface area contributed by atoms with Gasteiger partial charge in [0.25, 0.3) is 5.91 Å². The van der Waals surface area contributed by atoms with Gasteiger partial charge >= 0.3 is 0 Å². The fraction of sp³-hybridized carbons (Fsp3) is 0.750. The number of amides is 1. The maximum Gasteiger partial charge on any atom is 0.251 e. The average molecular weight is 225 g/mol. The van der Waals surface area contributed by atoms with Gasteiger partial charge in [-0.3, -0.25) is 4.79 Å². The fourth-order valence-electron chi connectivity index (χ4n) is 2.28. The highest BCUT2D eigenvalue weighted by molar-refractivity contribution is 5.96. The molecule has 1 fully saturated rings. The third-order valence-corrected chi connectivity index (χ3v) is 3.53. The van der Waals surface area contributed by atoms with Crippen LogP contribution in [0.2, 0.25) is 0 Å². The Kier molecular flexibility index (Phi) is 3.30. The number of aliphatic hydroxyl groups excluding tert-OH is 1. The maximum absolute atomic E-state index is 11.9. The highest BCUT2D eigenvalue weighted by atomic mass is 16.5. The second-order valence-corrected chi connectivity index (χ2v) is 4.63. The molecule has 1 N–H and O–H groups in total. The number of ether oxygens (including phenoxy) is 1. The van der Waals surface area contributed by atoms with E-state index in [4.69, 9.17) is 4.74 Å². The predicted octanol–water partition coefficient (Wildman–Crippen LogP) is 1.05. The first-order valence-electron chi connectivity index (χ1n) is 5.89. The molecule has 1 amide bonds. The zero-order valence-electron chi connectivity index (χ0n) is 9.90. The molecule has 90 valence electrons. The quantitative estimate of drug-likeness (QED) is 0.764. The zero-order chi connectivity index (χ0) is 11.7. The van der Waals surface area contributed by atoms with Crippen LogP contribution in [0.25, 0.3) is 0 Å². The van der Waals surface area contributed by atoms with E-state index in [0.29, 0.717) is 12.1 Å². The summed E-state index contributed by atoms with van der Waals surface area (Å²) < 4.78 is 5.58. The number of carbonyl (C=O) groups excluding carboxylic acids is 1. The lowest BCUT2D eigenvalue weighted by molar-refractivity contribution is -0.135. The van der Waals surface area contributed by atoms with Gasteiger partial charge in [0.15, 0.2) is 6.23 Å². The van der Waals surface area contributed by atoms with Gasteiger partial charge < -0.3 is 14.7 Å². The summed E-state index contributed by atoms with van der Waals surface area (Å²) in [5.74, 6) is -0.0563. The highest BCUT2D eigenvalue weighted by Crippen LogP contribution is 2.25. The molecular formula is C12H19NO3. The Balaban J connectivity index is 1.98. The minimum absolute atomic E-state index is 0.0563. The molecule has 1 saturated heterocycles. The molecule has 0 bridgehead atoms. The fourth-order valence-corrected chi connectivity index (χ4v) is 2.28. The molecule has 16 heavy (non-hydrogen) atoms. The van der Waals surface area contributed by atoms with Crippen molar-refractivity contribution in [2.75, 3.05) is 13.2 Å². The molecule has 0 aromatic rings. The van der Waals surface area contributed by atoms with Crippen LogP contribution in [0.3, 0.4) is 0 Å². The molecule has 0 aliphatic carbocycles. The number of hydrogen-bond acceptors (Lipinski definition) is 3. The van der Waals surface area contributed by atoms with Gasteiger partial charge in [-0.1, -0.05) is 0 Å². The second-order valence-electron chi connectivity index (χ2n) is 4.63. The van der Waals surface area contributed by atoms with Crippen molar-refractivity contribution in [3.8, 4) is 0 Å². The van der Waals surface area contributed by atoms with Gasteiger partial charge in [0, 0.05) is 12.2 Å². The van der Waals surface area contributed by atoms with E-state index >= 15 is 0 Å². The van der Waals surface area contributed by atoms with E-state index in [1.165, 1.54) is 4.90 Å². The van der Waals surface area contributed by atoms with E-state index in [2.05, 4.69) is 0 Å². The third-order valence-electron chi connectivity index (χ3n) is 3.53. The van der Waals surface area contributed by atoms with Gasteiger partial charge in [0.1, 0.15) is 0 Å². The van der Waals surface area contributed by atoms with E-state index < -0.39 is 6.23 Å². The first-order valence-corrected chi connectivity index (χ1v) is 5.89. The number of rotatable bonds is 2. The maximum atomic E-state index is 11.9. The lowest BCUT2D eigenvalue weighted by Gasteiger charge is -2.29. The van der Waals surface area contributed by atoms with E-state index in [0.717, 1.165) is 31.4 Å². The van der Waals surface area contributed by atoms with Crippen LogP contribution in [0.4, 0.5) is 0 Å². The first kappa shape index (κ1) is 11.6. The second kappa shape index (κ2) is 4.55. The summed E-state index contributed by atoms with van der Waals surface area (Å²) in [6, 6.07) is 0. The highest BCUT2D eigenvalue weighted by Gasteiger charge is 2.35. The lowest BCUT2D eigenvalue weighted by atomic mass is 10.1. The predicted molar refractivity (Wildman–Crippen MR) is 59.7 cm³/mol. The molecule has 4 nitrogen and oxygen atoms in total. The molecule has 4 heteroatoms. The number of carbonyl (C=O) groups is 1. The van der Waals surface area contributed by atoms with Crippen LogP contribution in [0.5, 0.6) is 0 Å². The Labute approximate surface area is 95.9 Å². The van der Waals surface area contributed by atoms with Crippen molar-refractivity contribution in [2.45, 2.75) is 45.4 Å². The molecule has 0 aromatic carbocycles. The van der Waals surface area contributed by atoms with Crippen molar-refractivity contribution in [2.24, 2.45) is 0 Å². The zero-order valence-corrected chi connectivity index (χ0v) is 9.90. The topological polar surface area (TPSA) is 49.8 Å². The van der Waals surface area contributed by atoms with E-state index in [1.807, 2.05) is 0 Å². The molecule has 0 radical (unpaired) electrons. The lowest BCUT2D eigenvalue weighted by Crippen LogP contribution is -2.42. The number of hydrogen-bond donors (Lipinski definition) is 1. The normalized spacial score (nSPS) is 31.4. The SMILES string of the molecule is CC1=C(C)[C@@H](O)N(C[C@@H]2CCCCO2)C1=O. The van der Waals surface area contributed by atoms with Gasteiger partial charge in [-0.2, -0.15) is 0 Å². The Hall–Kier alpha value is -0.870. The first-order chi connectivity index (χ1) is 7.61. The van der Waals surface area contributed by atoms with Crippen LogP contribution in [-0.4, -0.2) is 41.4 Å². The summed E-state index contributed by atoms with van der Waals surface area (Å²) in [7, 11) is 0. The molecule has 2 atom stereocenters. The molecule has 0 spiro atoms. The van der Waals surface area contributed by atoms with Crippen LogP contribution in [0.15, 0.2) is 11.1 Å². The molecule has 2 heterocycles. The van der Waals surface area contributed by atoms with Gasteiger partial charge in [0.2, 0.25) is 0 Å². The van der Waals surface area contributed by atoms with Crippen molar-refractivity contribution in [1.29, 1.82) is 0 Å². The van der Waals surface area contributed by atoms with Gasteiger partial charge in [-0.25, -0.2) is 0 Å². The molecule has 0 saturated carbocycles. The van der Waals surface area contributed by atoms with Crippen LogP contribution >= 0.6 is 0 Å². The van der Waals surface area contributed by atoms with Crippen LogP contribution in [0, 0.1) is 0 Å². The van der Waals surface area contributed by atoms with Crippen LogP contribution < -0.4 is 0 Å². The van der Waals surface area contributed by atoms with Gasteiger partial charge in [0.05, 0.1) is 12.6 Å². The molecule has 2 aliphatic rings. The Morgan fingerprint density at radius 3 is 2.69 bits per heavy atom. The largest absolute Gasteiger partial charge is 0.376 e. The monoisotopic (exact) mass is 225 g/mol. The standard InChI is InChI=1S/C12H19NO3/c1-8-9(2)12(15)13(11(8)14)7-10-5-3-4-6-16-10/h10-11,14H,3-7H2,1-2H3/t10-,11+/m0/s1. The van der Waals surface area contributed by atoms with Crippen molar-refractivity contribution < 1.29 is 14.6 Å². The van der Waals surface area contributed by atoms with Crippen molar-refractivity contribution >= 4 is 5.91 Å². The third kappa shape index (κ3) is 1.99. The van der Waals surface area contributed by atoms with E-state index in [1.54, 1.807) is 13.8 Å². The van der Waals surface area contributed by atoms with Crippen molar-refractivity contribution in [1.82, 2.24) is 4.90 Å². The summed E-state index contributed by atoms with van der Waals surface area (Å²) >= 11 is 0. The van der Waals surface area contributed by atoms with Crippen molar-refractivity contribution in [3.63, 3.8) is 0 Å². The molecule has 2 rings (SSSR count). The Bertz CT molecular complexity index is 318. The molecule has 0 aromatic heterocycles. The Morgan fingerprint density at radius 1 is 1.44 bits per heavy atom. The number of nitrogens with zero attached hydrogens (tertiary/aromatic N) is 1. The minimum atomic E-state index is -0.752. The molecule has 0 unspecified atom stereocenters. The summed E-state index contributed by atoms with van der Waals surface area (Å²) in [5, 5.41) is 9.92. The van der Waals surface area contributed by atoms with Crippen LogP contribution in [0.1, 0.15) is 33.1 Å². The van der Waals surface area contributed by atoms with E-state index in [-0.39, 0.29) is 12.0 Å². The average Bonchev–Trinajstić information content (AvgIpc) is 2.48. The van der Waals surface area contributed by atoms with E-state index in [9.17, 15) is 9.90 Å².